The molecule has 0 aliphatic rings. The predicted octanol–water partition coefficient (Wildman–Crippen LogP) is 15.8. The number of hydrogen-bond donors (Lipinski definition) is 4. The molecule has 0 heterocycles. The van der Waals surface area contributed by atoms with Gasteiger partial charge in [-0.05, 0) is 89.9 Å². The number of amides is 1. The molecule has 0 aliphatic heterocycles. The lowest BCUT2D eigenvalue weighted by molar-refractivity contribution is -0.147. The minimum atomic E-state index is -4.78. The van der Waals surface area contributed by atoms with Crippen LogP contribution in [-0.4, -0.2) is 64.9 Å². The second-order valence-electron chi connectivity index (χ2n) is 18.4. The summed E-state index contributed by atoms with van der Waals surface area (Å²) in [5.41, 5.74) is 0. The Morgan fingerprint density at radius 1 is 0.471 bits per heavy atom. The number of allylic oxidation sites excluding steroid dienone is 14. The zero-order chi connectivity index (χ0) is 51.3. The third-order valence-corrected chi connectivity index (χ3v) is 12.6. The summed E-state index contributed by atoms with van der Waals surface area (Å²) in [5, 5.41) is 22.0. The number of esters is 1. The van der Waals surface area contributed by atoms with Gasteiger partial charge in [-0.1, -0.05) is 214 Å². The second kappa shape index (κ2) is 52.0. The van der Waals surface area contributed by atoms with E-state index in [9.17, 15) is 34.1 Å². The number of phosphoric acid groups is 1. The Morgan fingerprint density at radius 2 is 0.829 bits per heavy atom. The van der Waals surface area contributed by atoms with Gasteiger partial charge in [0.2, 0.25) is 5.91 Å². The van der Waals surface area contributed by atoms with Crippen molar-refractivity contribution in [3.63, 3.8) is 0 Å². The predicted molar refractivity (Wildman–Crippen MR) is 291 cm³/mol. The maximum atomic E-state index is 12.4. The summed E-state index contributed by atoms with van der Waals surface area (Å²) in [5.74, 6) is -2.40. The molecule has 0 fully saturated rings. The van der Waals surface area contributed by atoms with Gasteiger partial charge < -0.3 is 25.2 Å². The number of aliphatic carboxylic acids is 1. The van der Waals surface area contributed by atoms with Gasteiger partial charge in [-0.2, -0.15) is 0 Å². The van der Waals surface area contributed by atoms with Gasteiger partial charge in [0, 0.05) is 12.8 Å². The van der Waals surface area contributed by atoms with Gasteiger partial charge in [0.05, 0.1) is 13.2 Å². The topological polar surface area (TPSA) is 169 Å². The van der Waals surface area contributed by atoms with Crippen molar-refractivity contribution >= 4 is 25.7 Å². The van der Waals surface area contributed by atoms with E-state index in [4.69, 9.17) is 13.8 Å². The smallest absolute Gasteiger partial charge is 0.472 e. The summed E-state index contributed by atoms with van der Waals surface area (Å²) in [6.07, 6.45) is 66.0. The average Bonchev–Trinajstić information content (AvgIpc) is 3.34. The number of carbonyl (C=O) groups is 3. The lowest BCUT2D eigenvalue weighted by Crippen LogP contribution is -2.43. The molecule has 0 bridgehead atoms. The monoisotopic (exact) mass is 1000 g/mol. The van der Waals surface area contributed by atoms with Crippen LogP contribution in [0.2, 0.25) is 0 Å². The molecular formula is C58H100NO10P. The zero-order valence-electron chi connectivity index (χ0n) is 44.0. The maximum absolute atomic E-state index is 12.4. The van der Waals surface area contributed by atoms with Crippen molar-refractivity contribution in [1.82, 2.24) is 5.32 Å². The van der Waals surface area contributed by atoms with Crippen LogP contribution in [0.4, 0.5) is 0 Å². The minimum Gasteiger partial charge on any atom is -0.480 e. The van der Waals surface area contributed by atoms with E-state index in [1.807, 2.05) is 0 Å². The standard InChI is InChI=1S/C58H100NO10P/c1-3-5-7-9-11-13-15-17-19-21-23-25-27-29-31-33-35-37-39-41-43-45-47-49-56(61)59-55(58(63)64)53-69-70(65,66)68-52-54(60)51-67-57(62)50-48-46-44-42-40-38-36-34-32-30-28-26-24-22-20-18-16-14-12-10-8-6-4-2/h6,8,12,14,17-20,24,26,30,32,36,38,54-55,60H,3-5,7,9-11,13,15-16,21-23,25,27-29,31,33-35,37,39-53H2,1-2H3,(H,59,61)(H,63,64)(H,65,66)/b8-6-,14-12-,19-17+,20-18-,26-24-,32-30-,38-36-. The lowest BCUT2D eigenvalue weighted by atomic mass is 10.0. The fourth-order valence-electron chi connectivity index (χ4n) is 7.43. The Balaban J connectivity index is 3.85. The Kier molecular flexibility index (Phi) is 49.5. The number of carbonyl (C=O) groups excluding carboxylic acids is 2. The van der Waals surface area contributed by atoms with Crippen LogP contribution in [0.15, 0.2) is 85.1 Å². The number of unbranched alkanes of at least 4 members (excludes halogenated alkanes) is 23. The van der Waals surface area contributed by atoms with Crippen LogP contribution in [0.25, 0.3) is 0 Å². The molecule has 0 aliphatic carbocycles. The van der Waals surface area contributed by atoms with Gasteiger partial charge >= 0.3 is 19.8 Å². The van der Waals surface area contributed by atoms with Gasteiger partial charge in [-0.3, -0.25) is 18.6 Å². The van der Waals surface area contributed by atoms with Gasteiger partial charge in [0.15, 0.2) is 6.04 Å². The van der Waals surface area contributed by atoms with Crippen molar-refractivity contribution < 1.29 is 47.8 Å². The molecule has 12 heteroatoms. The highest BCUT2D eigenvalue weighted by Crippen LogP contribution is 2.43. The number of aliphatic hydroxyl groups is 1. The largest absolute Gasteiger partial charge is 0.480 e. The quantitative estimate of drug-likeness (QED) is 0.0199. The van der Waals surface area contributed by atoms with Crippen LogP contribution in [0.1, 0.15) is 232 Å². The normalized spacial score (nSPS) is 14.1. The summed E-state index contributed by atoms with van der Waals surface area (Å²) in [6, 6.07) is -1.55. The molecule has 3 atom stereocenters. The molecule has 0 saturated carbocycles. The van der Waals surface area contributed by atoms with E-state index in [2.05, 4.69) is 104 Å². The first kappa shape index (κ1) is 66.7. The highest BCUT2D eigenvalue weighted by molar-refractivity contribution is 7.47. The third-order valence-electron chi connectivity index (χ3n) is 11.7. The third kappa shape index (κ3) is 51.0. The maximum Gasteiger partial charge on any atom is 0.472 e. The van der Waals surface area contributed by atoms with Crippen LogP contribution < -0.4 is 5.32 Å². The minimum absolute atomic E-state index is 0.141. The Hall–Kier alpha value is -3.34. The summed E-state index contributed by atoms with van der Waals surface area (Å²) in [7, 11) is -4.78. The number of rotatable bonds is 51. The van der Waals surface area contributed by atoms with Crippen LogP contribution in [0.5, 0.6) is 0 Å². The van der Waals surface area contributed by atoms with Crippen molar-refractivity contribution in [2.24, 2.45) is 0 Å². The molecule has 0 rings (SSSR count). The second-order valence-corrected chi connectivity index (χ2v) is 19.8. The molecule has 0 aromatic heterocycles. The van der Waals surface area contributed by atoms with Crippen LogP contribution in [0.3, 0.4) is 0 Å². The van der Waals surface area contributed by atoms with Crippen LogP contribution in [-0.2, 0) is 32.7 Å². The number of phosphoric ester groups is 1. The first-order valence-electron chi connectivity index (χ1n) is 27.6. The lowest BCUT2D eigenvalue weighted by Gasteiger charge is -2.18. The Morgan fingerprint density at radius 3 is 1.26 bits per heavy atom. The number of hydrogen-bond acceptors (Lipinski definition) is 8. The molecule has 0 spiro atoms. The molecule has 0 radical (unpaired) electrons. The van der Waals surface area contributed by atoms with Gasteiger partial charge in [-0.15, -0.1) is 0 Å². The van der Waals surface area contributed by atoms with E-state index in [1.165, 1.54) is 109 Å². The van der Waals surface area contributed by atoms with E-state index < -0.39 is 57.6 Å². The van der Waals surface area contributed by atoms with Crippen molar-refractivity contribution in [1.29, 1.82) is 0 Å². The molecule has 0 aromatic rings. The molecule has 70 heavy (non-hydrogen) atoms. The summed E-state index contributed by atoms with van der Waals surface area (Å²) < 4.78 is 27.0. The summed E-state index contributed by atoms with van der Waals surface area (Å²) >= 11 is 0. The highest BCUT2D eigenvalue weighted by Gasteiger charge is 2.28. The summed E-state index contributed by atoms with van der Waals surface area (Å²) in [6.45, 7) is 2.48. The van der Waals surface area contributed by atoms with E-state index in [-0.39, 0.29) is 12.8 Å². The fourth-order valence-corrected chi connectivity index (χ4v) is 8.20. The molecule has 1 amide bonds. The zero-order valence-corrected chi connectivity index (χ0v) is 44.9. The van der Waals surface area contributed by atoms with Gasteiger partial charge in [0.25, 0.3) is 0 Å². The fraction of sp³-hybridized carbons (Fsp3) is 0.707. The molecule has 0 saturated heterocycles. The molecule has 402 valence electrons. The Labute approximate surface area is 426 Å². The first-order valence-corrected chi connectivity index (χ1v) is 29.1. The van der Waals surface area contributed by atoms with Crippen molar-refractivity contribution in [3.05, 3.63) is 85.1 Å². The van der Waals surface area contributed by atoms with Crippen molar-refractivity contribution in [2.45, 2.75) is 244 Å². The number of carboxylic acids is 1. The van der Waals surface area contributed by atoms with E-state index in [0.717, 1.165) is 83.5 Å². The number of aliphatic hydroxyl groups excluding tert-OH is 1. The van der Waals surface area contributed by atoms with E-state index in [1.54, 1.807) is 0 Å². The van der Waals surface area contributed by atoms with E-state index in [0.29, 0.717) is 12.8 Å². The molecule has 11 nitrogen and oxygen atoms in total. The number of nitrogens with one attached hydrogen (secondary N) is 1. The van der Waals surface area contributed by atoms with Crippen LogP contribution in [0, 0.1) is 0 Å². The van der Waals surface area contributed by atoms with Gasteiger partial charge in [0.1, 0.15) is 12.7 Å². The average molecular weight is 1000 g/mol. The highest BCUT2D eigenvalue weighted by atomic mass is 31.2. The number of carboxylic acid groups (broad SMARTS) is 1. The van der Waals surface area contributed by atoms with Crippen LogP contribution >= 0.6 is 7.82 Å². The molecule has 3 unspecified atom stereocenters. The van der Waals surface area contributed by atoms with Gasteiger partial charge in [-0.25, -0.2) is 9.36 Å². The van der Waals surface area contributed by atoms with Crippen molar-refractivity contribution in [3.8, 4) is 0 Å². The molecular weight excluding hydrogens is 902 g/mol. The summed E-state index contributed by atoms with van der Waals surface area (Å²) in [4.78, 5) is 46.2. The van der Waals surface area contributed by atoms with Crippen molar-refractivity contribution in [2.75, 3.05) is 19.8 Å². The van der Waals surface area contributed by atoms with E-state index >= 15 is 0 Å². The molecule has 4 N–H and O–H groups in total. The SMILES string of the molecule is CC/C=C\C/C=C\C/C=C\C/C=C\C/C=C\C/C=C\CCCCCCC(=O)OCC(O)COP(=O)(O)OCC(NC(=O)CCCCCCCCCCCCCCC/C=C/CCCCCCCC)C(=O)O. The number of ether oxygens (including phenoxy) is 1. The Bertz CT molecular complexity index is 1500. The molecule has 0 aromatic carbocycles. The first-order chi connectivity index (χ1) is 34.1.